The van der Waals surface area contributed by atoms with Crippen LogP contribution in [0.15, 0.2) is 12.1 Å². The van der Waals surface area contributed by atoms with Crippen molar-refractivity contribution >= 4 is 0 Å². The zero-order valence-corrected chi connectivity index (χ0v) is 5.69. The van der Waals surface area contributed by atoms with Crippen LogP contribution in [0.3, 0.4) is 0 Å². The number of hydrogen-bond donors (Lipinski definition) is 0. The van der Waals surface area contributed by atoms with Gasteiger partial charge in [-0.15, -0.1) is 0 Å². The summed E-state index contributed by atoms with van der Waals surface area (Å²) < 4.78 is 13.8. The minimum atomic E-state index is -0.371. The van der Waals surface area contributed by atoms with Crippen LogP contribution in [0.2, 0.25) is 0 Å². The zero-order chi connectivity index (χ0) is 6.85. The van der Waals surface area contributed by atoms with Crippen molar-refractivity contribution in [3.05, 3.63) is 23.5 Å². The van der Waals surface area contributed by atoms with E-state index in [0.29, 0.717) is 0 Å². The van der Waals surface area contributed by atoms with Crippen LogP contribution >= 0.6 is 0 Å². The Labute approximate surface area is 54.1 Å². The molecule has 0 saturated carbocycles. The highest BCUT2D eigenvalue weighted by Gasteiger charge is 1.97. The van der Waals surface area contributed by atoms with E-state index in [9.17, 15) is 4.39 Å². The molecule has 1 nitrogen and oxygen atoms in total. The third-order valence-electron chi connectivity index (χ3n) is 1.61. The van der Waals surface area contributed by atoms with Crippen molar-refractivity contribution in [3.8, 4) is 0 Å². The number of aryl methyl sites for hydroxylation is 1. The average molecular weight is 127 g/mol. The predicted octanol–water partition coefficient (Wildman–Crippen LogP) is 1.80. The minimum Gasteiger partial charge on any atom is -0.350 e. The SMILES string of the molecule is Cc1ccc(CF)n1C. The Balaban J connectivity index is 3.04. The maximum absolute atomic E-state index is 12.0. The second kappa shape index (κ2) is 2.21. The van der Waals surface area contributed by atoms with Crippen LogP contribution in [0.1, 0.15) is 11.4 Å². The molecule has 9 heavy (non-hydrogen) atoms. The second-order valence-electron chi connectivity index (χ2n) is 2.16. The summed E-state index contributed by atoms with van der Waals surface area (Å²) in [6.45, 7) is 1.59. The monoisotopic (exact) mass is 127 g/mol. The summed E-state index contributed by atoms with van der Waals surface area (Å²) in [6.07, 6.45) is 0. The molecule has 0 saturated heterocycles. The van der Waals surface area contributed by atoms with Crippen molar-refractivity contribution in [2.24, 2.45) is 7.05 Å². The van der Waals surface area contributed by atoms with Gasteiger partial charge in [0.2, 0.25) is 0 Å². The fourth-order valence-electron chi connectivity index (χ4n) is 0.801. The van der Waals surface area contributed by atoms with E-state index in [1.54, 1.807) is 6.07 Å². The van der Waals surface area contributed by atoms with Crippen molar-refractivity contribution in [1.29, 1.82) is 0 Å². The first-order chi connectivity index (χ1) is 4.25. The first-order valence-corrected chi connectivity index (χ1v) is 2.93. The van der Waals surface area contributed by atoms with Gasteiger partial charge in [0.1, 0.15) is 6.67 Å². The van der Waals surface area contributed by atoms with Crippen molar-refractivity contribution in [3.63, 3.8) is 0 Å². The number of alkyl halides is 1. The van der Waals surface area contributed by atoms with Gasteiger partial charge in [0.15, 0.2) is 0 Å². The number of hydrogen-bond acceptors (Lipinski definition) is 0. The topological polar surface area (TPSA) is 4.93 Å². The molecule has 0 aliphatic carbocycles. The van der Waals surface area contributed by atoms with Crippen LogP contribution in [0.5, 0.6) is 0 Å². The Bertz CT molecular complexity index is 203. The van der Waals surface area contributed by atoms with Gasteiger partial charge in [-0.3, -0.25) is 0 Å². The van der Waals surface area contributed by atoms with E-state index in [4.69, 9.17) is 0 Å². The Morgan fingerprint density at radius 2 is 2.22 bits per heavy atom. The van der Waals surface area contributed by atoms with Crippen LogP contribution in [0.25, 0.3) is 0 Å². The second-order valence-corrected chi connectivity index (χ2v) is 2.16. The molecule has 1 aromatic heterocycles. The van der Waals surface area contributed by atoms with E-state index < -0.39 is 0 Å². The summed E-state index contributed by atoms with van der Waals surface area (Å²) in [7, 11) is 1.87. The largest absolute Gasteiger partial charge is 0.350 e. The van der Waals surface area contributed by atoms with Gasteiger partial charge in [0.25, 0.3) is 0 Å². The molecule has 0 radical (unpaired) electrons. The summed E-state index contributed by atoms with van der Waals surface area (Å²) >= 11 is 0. The van der Waals surface area contributed by atoms with Gasteiger partial charge in [-0.25, -0.2) is 4.39 Å². The van der Waals surface area contributed by atoms with Crippen molar-refractivity contribution in [1.82, 2.24) is 4.57 Å². The van der Waals surface area contributed by atoms with Gasteiger partial charge in [-0.1, -0.05) is 0 Å². The molecule has 0 aliphatic heterocycles. The summed E-state index contributed by atoms with van der Waals surface area (Å²) in [4.78, 5) is 0. The van der Waals surface area contributed by atoms with Crippen LogP contribution in [0, 0.1) is 6.92 Å². The highest BCUT2D eigenvalue weighted by Crippen LogP contribution is 2.05. The van der Waals surface area contributed by atoms with Crippen molar-refractivity contribution < 1.29 is 4.39 Å². The third kappa shape index (κ3) is 0.969. The number of aromatic nitrogens is 1. The Morgan fingerprint density at radius 1 is 1.56 bits per heavy atom. The van der Waals surface area contributed by atoms with E-state index in [1.807, 2.05) is 24.6 Å². The highest BCUT2D eigenvalue weighted by atomic mass is 19.1. The molecule has 0 spiro atoms. The van der Waals surface area contributed by atoms with Gasteiger partial charge < -0.3 is 4.57 Å². The fraction of sp³-hybridized carbons (Fsp3) is 0.429. The Kier molecular flexibility index (Phi) is 1.56. The normalized spacial score (nSPS) is 10.1. The molecule has 0 aromatic carbocycles. The number of halogens is 1. The Morgan fingerprint density at radius 3 is 2.44 bits per heavy atom. The lowest BCUT2D eigenvalue weighted by atomic mass is 10.4. The molecule has 1 heterocycles. The lowest BCUT2D eigenvalue weighted by Gasteiger charge is -1.98. The standard InChI is InChI=1S/C7H10FN/c1-6-3-4-7(5-8)9(6)2/h3-4H,5H2,1-2H3. The van der Waals surface area contributed by atoms with Crippen LogP contribution in [-0.2, 0) is 13.7 Å². The first-order valence-electron chi connectivity index (χ1n) is 2.93. The molecular formula is C7H10FN. The smallest absolute Gasteiger partial charge is 0.129 e. The molecule has 0 atom stereocenters. The van der Waals surface area contributed by atoms with Gasteiger partial charge in [0, 0.05) is 18.4 Å². The number of nitrogens with zero attached hydrogens (tertiary/aromatic N) is 1. The van der Waals surface area contributed by atoms with Crippen LogP contribution < -0.4 is 0 Å². The molecule has 50 valence electrons. The van der Waals surface area contributed by atoms with E-state index in [0.717, 1.165) is 11.4 Å². The van der Waals surface area contributed by atoms with E-state index in [2.05, 4.69) is 0 Å². The quantitative estimate of drug-likeness (QED) is 0.542. The van der Waals surface area contributed by atoms with E-state index in [1.165, 1.54) is 0 Å². The highest BCUT2D eigenvalue weighted by molar-refractivity contribution is 5.13. The minimum absolute atomic E-state index is 0.371. The van der Waals surface area contributed by atoms with Gasteiger partial charge >= 0.3 is 0 Å². The molecule has 0 N–H and O–H groups in total. The molecule has 2 heteroatoms. The maximum atomic E-state index is 12.0. The van der Waals surface area contributed by atoms with Crippen molar-refractivity contribution in [2.75, 3.05) is 0 Å². The first kappa shape index (κ1) is 6.33. The molecule has 0 unspecified atom stereocenters. The average Bonchev–Trinajstić information content (AvgIpc) is 2.15. The summed E-state index contributed by atoms with van der Waals surface area (Å²) in [5.41, 5.74) is 1.84. The van der Waals surface area contributed by atoms with E-state index in [-0.39, 0.29) is 6.67 Å². The van der Waals surface area contributed by atoms with Crippen LogP contribution in [-0.4, -0.2) is 4.57 Å². The lowest BCUT2D eigenvalue weighted by molar-refractivity contribution is 0.464. The third-order valence-corrected chi connectivity index (χ3v) is 1.61. The molecule has 1 rings (SSSR count). The van der Waals surface area contributed by atoms with Crippen molar-refractivity contribution in [2.45, 2.75) is 13.6 Å². The summed E-state index contributed by atoms with van der Waals surface area (Å²) in [6, 6.07) is 3.71. The van der Waals surface area contributed by atoms with Gasteiger partial charge in [-0.2, -0.15) is 0 Å². The summed E-state index contributed by atoms with van der Waals surface area (Å²) in [5.74, 6) is 0. The summed E-state index contributed by atoms with van der Waals surface area (Å²) in [5, 5.41) is 0. The molecule has 0 fully saturated rings. The molecule has 1 aromatic rings. The Hall–Kier alpha value is -0.790. The van der Waals surface area contributed by atoms with E-state index >= 15 is 0 Å². The predicted molar refractivity (Wildman–Crippen MR) is 35.0 cm³/mol. The van der Waals surface area contributed by atoms with Crippen LogP contribution in [0.4, 0.5) is 4.39 Å². The molecular weight excluding hydrogens is 117 g/mol. The zero-order valence-electron chi connectivity index (χ0n) is 5.69. The molecule has 0 amide bonds. The molecule has 0 bridgehead atoms. The maximum Gasteiger partial charge on any atom is 0.129 e. The fourth-order valence-corrected chi connectivity index (χ4v) is 0.801. The molecule has 0 aliphatic rings. The van der Waals surface area contributed by atoms with Gasteiger partial charge in [-0.05, 0) is 19.1 Å². The number of rotatable bonds is 1. The lowest BCUT2D eigenvalue weighted by Crippen LogP contribution is -1.94. The van der Waals surface area contributed by atoms with Gasteiger partial charge in [0.05, 0.1) is 0 Å².